The van der Waals surface area contributed by atoms with Gasteiger partial charge in [0.15, 0.2) is 0 Å². The summed E-state index contributed by atoms with van der Waals surface area (Å²) in [6.45, 7) is 1.72. The van der Waals surface area contributed by atoms with Crippen molar-refractivity contribution in [2.75, 3.05) is 13.7 Å². The Bertz CT molecular complexity index is 551. The van der Waals surface area contributed by atoms with Gasteiger partial charge in [-0.3, -0.25) is 9.89 Å². The average Bonchev–Trinajstić information content (AvgIpc) is 2.95. The molecule has 2 aromatic rings. The number of rotatable bonds is 4. The standard InChI is InChI=1S/C14H17N3O2/c1-10(9-18)17(2)14(19)12-8-15-16-13(12)11-6-4-3-5-7-11/h3-8,10,18H,9H2,1-2H3,(H,15,16). The summed E-state index contributed by atoms with van der Waals surface area (Å²) in [5, 5.41) is 15.9. The van der Waals surface area contributed by atoms with Crippen LogP contribution in [0.3, 0.4) is 0 Å². The molecule has 1 aromatic heterocycles. The van der Waals surface area contributed by atoms with Crippen LogP contribution in [0.1, 0.15) is 17.3 Å². The van der Waals surface area contributed by atoms with Gasteiger partial charge >= 0.3 is 0 Å². The molecule has 1 heterocycles. The minimum atomic E-state index is -0.231. The van der Waals surface area contributed by atoms with Gasteiger partial charge in [-0.25, -0.2) is 0 Å². The third-order valence-corrected chi connectivity index (χ3v) is 3.18. The number of nitrogens with one attached hydrogen (secondary N) is 1. The van der Waals surface area contributed by atoms with Crippen LogP contribution in [0.5, 0.6) is 0 Å². The van der Waals surface area contributed by atoms with E-state index in [1.54, 1.807) is 14.0 Å². The maximum atomic E-state index is 12.4. The number of hydrogen-bond donors (Lipinski definition) is 2. The van der Waals surface area contributed by atoms with Crippen LogP contribution in [0.25, 0.3) is 11.3 Å². The highest BCUT2D eigenvalue weighted by Crippen LogP contribution is 2.22. The monoisotopic (exact) mass is 259 g/mol. The molecule has 1 amide bonds. The smallest absolute Gasteiger partial charge is 0.257 e. The number of nitrogens with zero attached hydrogens (tertiary/aromatic N) is 2. The molecular weight excluding hydrogens is 242 g/mol. The molecule has 1 unspecified atom stereocenters. The minimum absolute atomic E-state index is 0.0687. The number of aliphatic hydroxyl groups is 1. The molecule has 5 heteroatoms. The number of aliphatic hydroxyl groups excluding tert-OH is 1. The molecule has 0 aliphatic rings. The van der Waals surface area contributed by atoms with Crippen LogP contribution in [-0.4, -0.2) is 45.8 Å². The number of carbonyl (C=O) groups excluding carboxylic acids is 1. The van der Waals surface area contributed by atoms with Gasteiger partial charge in [0.2, 0.25) is 0 Å². The van der Waals surface area contributed by atoms with Gasteiger partial charge in [-0.15, -0.1) is 0 Å². The summed E-state index contributed by atoms with van der Waals surface area (Å²) in [4.78, 5) is 13.9. The van der Waals surface area contributed by atoms with E-state index >= 15 is 0 Å². The fourth-order valence-corrected chi connectivity index (χ4v) is 1.79. The summed E-state index contributed by atoms with van der Waals surface area (Å²) in [6.07, 6.45) is 1.52. The lowest BCUT2D eigenvalue weighted by molar-refractivity contribution is 0.0683. The SMILES string of the molecule is CC(CO)N(C)C(=O)c1cn[nH]c1-c1ccccc1. The first-order valence-electron chi connectivity index (χ1n) is 6.12. The Morgan fingerprint density at radius 2 is 2.11 bits per heavy atom. The zero-order valence-corrected chi connectivity index (χ0v) is 11.0. The molecule has 2 rings (SSSR count). The lowest BCUT2D eigenvalue weighted by Gasteiger charge is -2.23. The van der Waals surface area contributed by atoms with Crippen LogP contribution in [0.15, 0.2) is 36.5 Å². The van der Waals surface area contributed by atoms with Crippen molar-refractivity contribution in [3.8, 4) is 11.3 Å². The van der Waals surface area contributed by atoms with Crippen LogP contribution in [0, 0.1) is 0 Å². The molecule has 0 aliphatic carbocycles. The normalized spacial score (nSPS) is 12.2. The summed E-state index contributed by atoms with van der Waals surface area (Å²) in [6, 6.07) is 9.33. The van der Waals surface area contributed by atoms with Gasteiger partial charge in [-0.05, 0) is 6.92 Å². The van der Waals surface area contributed by atoms with E-state index in [4.69, 9.17) is 5.11 Å². The number of carbonyl (C=O) groups is 1. The second-order valence-corrected chi connectivity index (χ2v) is 4.47. The van der Waals surface area contributed by atoms with Gasteiger partial charge in [0.25, 0.3) is 5.91 Å². The van der Waals surface area contributed by atoms with Crippen LogP contribution >= 0.6 is 0 Å². The van der Waals surface area contributed by atoms with Gasteiger partial charge in [-0.2, -0.15) is 5.10 Å². The predicted molar refractivity (Wildman–Crippen MR) is 72.7 cm³/mol. The van der Waals surface area contributed by atoms with E-state index in [1.807, 2.05) is 30.3 Å². The Balaban J connectivity index is 2.33. The molecular formula is C14H17N3O2. The molecule has 19 heavy (non-hydrogen) atoms. The maximum Gasteiger partial charge on any atom is 0.257 e. The van der Waals surface area contributed by atoms with E-state index in [0.29, 0.717) is 11.3 Å². The summed E-state index contributed by atoms with van der Waals surface area (Å²) < 4.78 is 0. The van der Waals surface area contributed by atoms with Crippen molar-refractivity contribution in [1.82, 2.24) is 15.1 Å². The van der Waals surface area contributed by atoms with Crippen LogP contribution in [0.4, 0.5) is 0 Å². The largest absolute Gasteiger partial charge is 0.394 e. The molecule has 1 aromatic carbocycles. The van der Waals surface area contributed by atoms with E-state index in [-0.39, 0.29) is 18.6 Å². The first kappa shape index (κ1) is 13.3. The Labute approximate surface area is 111 Å². The van der Waals surface area contributed by atoms with Crippen molar-refractivity contribution in [1.29, 1.82) is 0 Å². The van der Waals surface area contributed by atoms with Gasteiger partial charge in [-0.1, -0.05) is 30.3 Å². The van der Waals surface area contributed by atoms with Crippen LogP contribution in [0.2, 0.25) is 0 Å². The van der Waals surface area contributed by atoms with Crippen molar-refractivity contribution in [3.63, 3.8) is 0 Å². The van der Waals surface area contributed by atoms with Crippen molar-refractivity contribution >= 4 is 5.91 Å². The van der Waals surface area contributed by atoms with Crippen LogP contribution < -0.4 is 0 Å². The Morgan fingerprint density at radius 3 is 2.74 bits per heavy atom. The summed E-state index contributed by atoms with van der Waals surface area (Å²) in [5.41, 5.74) is 2.12. The van der Waals surface area contributed by atoms with Gasteiger partial charge in [0.1, 0.15) is 0 Å². The fourth-order valence-electron chi connectivity index (χ4n) is 1.79. The highest BCUT2D eigenvalue weighted by molar-refractivity contribution is 5.99. The molecule has 0 saturated heterocycles. The highest BCUT2D eigenvalue weighted by atomic mass is 16.3. The van der Waals surface area contributed by atoms with Crippen molar-refractivity contribution < 1.29 is 9.90 Å². The lowest BCUT2D eigenvalue weighted by Crippen LogP contribution is -2.37. The molecule has 100 valence electrons. The Morgan fingerprint density at radius 1 is 1.42 bits per heavy atom. The predicted octanol–water partition coefficient (Wildman–Crippen LogP) is 1.53. The number of aromatic amines is 1. The Kier molecular flexibility index (Phi) is 3.97. The number of hydrogen-bond acceptors (Lipinski definition) is 3. The number of amides is 1. The molecule has 2 N–H and O–H groups in total. The van der Waals surface area contributed by atoms with Crippen molar-refractivity contribution in [2.24, 2.45) is 0 Å². The van der Waals surface area contributed by atoms with Gasteiger partial charge in [0, 0.05) is 12.6 Å². The zero-order chi connectivity index (χ0) is 13.8. The third-order valence-electron chi connectivity index (χ3n) is 3.18. The number of aromatic nitrogens is 2. The highest BCUT2D eigenvalue weighted by Gasteiger charge is 2.21. The molecule has 0 fully saturated rings. The molecule has 0 radical (unpaired) electrons. The second-order valence-electron chi connectivity index (χ2n) is 4.47. The van der Waals surface area contributed by atoms with E-state index in [2.05, 4.69) is 10.2 Å². The molecule has 5 nitrogen and oxygen atoms in total. The molecule has 0 saturated carbocycles. The number of likely N-dealkylation sites (N-methyl/N-ethyl adjacent to an activating group) is 1. The molecule has 1 atom stereocenters. The van der Waals surface area contributed by atoms with Crippen molar-refractivity contribution in [3.05, 3.63) is 42.1 Å². The van der Waals surface area contributed by atoms with E-state index in [9.17, 15) is 4.79 Å². The number of benzene rings is 1. The van der Waals surface area contributed by atoms with Gasteiger partial charge in [0.05, 0.1) is 30.1 Å². The lowest BCUT2D eigenvalue weighted by atomic mass is 10.1. The molecule has 0 bridgehead atoms. The van der Waals surface area contributed by atoms with E-state index in [0.717, 1.165) is 5.56 Å². The van der Waals surface area contributed by atoms with E-state index in [1.165, 1.54) is 11.1 Å². The first-order chi connectivity index (χ1) is 9.15. The maximum absolute atomic E-state index is 12.4. The van der Waals surface area contributed by atoms with Crippen molar-refractivity contribution in [2.45, 2.75) is 13.0 Å². The topological polar surface area (TPSA) is 69.2 Å². The molecule has 0 aliphatic heterocycles. The van der Waals surface area contributed by atoms with E-state index < -0.39 is 0 Å². The zero-order valence-electron chi connectivity index (χ0n) is 11.0. The third kappa shape index (κ3) is 2.66. The number of H-pyrrole nitrogens is 1. The van der Waals surface area contributed by atoms with Crippen LogP contribution in [-0.2, 0) is 0 Å². The Hall–Kier alpha value is -2.14. The average molecular weight is 259 g/mol. The second kappa shape index (κ2) is 5.67. The summed E-state index contributed by atoms with van der Waals surface area (Å²) in [5.74, 6) is -0.158. The molecule has 0 spiro atoms. The van der Waals surface area contributed by atoms with Gasteiger partial charge < -0.3 is 10.0 Å². The summed E-state index contributed by atoms with van der Waals surface area (Å²) in [7, 11) is 1.67. The fraction of sp³-hybridized carbons (Fsp3) is 0.286. The minimum Gasteiger partial charge on any atom is -0.394 e. The summed E-state index contributed by atoms with van der Waals surface area (Å²) >= 11 is 0. The first-order valence-corrected chi connectivity index (χ1v) is 6.12. The quantitative estimate of drug-likeness (QED) is 0.874.